The predicted octanol–water partition coefficient (Wildman–Crippen LogP) is 2.97. The van der Waals surface area contributed by atoms with Gasteiger partial charge in [-0.2, -0.15) is 0 Å². The highest BCUT2D eigenvalue weighted by molar-refractivity contribution is 14.0. The zero-order valence-electron chi connectivity index (χ0n) is 17.5. The molecule has 0 bridgehead atoms. The van der Waals surface area contributed by atoms with Crippen LogP contribution in [0.2, 0.25) is 0 Å². The minimum absolute atomic E-state index is 0. The summed E-state index contributed by atoms with van der Waals surface area (Å²) in [6, 6.07) is 0.344. The van der Waals surface area contributed by atoms with Gasteiger partial charge in [-0.05, 0) is 46.0 Å². The largest absolute Gasteiger partial charge is 0.378 e. The third kappa shape index (κ3) is 6.19. The fourth-order valence-electron chi connectivity index (χ4n) is 4.40. The van der Waals surface area contributed by atoms with Gasteiger partial charge in [0.2, 0.25) is 0 Å². The van der Waals surface area contributed by atoms with Gasteiger partial charge in [-0.3, -0.25) is 4.99 Å². The molecule has 0 aromatic carbocycles. The van der Waals surface area contributed by atoms with Crippen LogP contribution in [0.15, 0.2) is 4.99 Å². The van der Waals surface area contributed by atoms with E-state index in [0.717, 1.165) is 51.2 Å². The molecule has 0 aliphatic heterocycles. The number of sulfone groups is 1. The van der Waals surface area contributed by atoms with Crippen LogP contribution in [-0.4, -0.2) is 58.2 Å². The van der Waals surface area contributed by atoms with E-state index < -0.39 is 9.84 Å². The molecule has 2 N–H and O–H groups in total. The van der Waals surface area contributed by atoms with Gasteiger partial charge in [0.05, 0.1) is 11.9 Å². The first-order chi connectivity index (χ1) is 12.2. The van der Waals surface area contributed by atoms with Crippen LogP contribution in [0.1, 0.15) is 59.8 Å². The minimum atomic E-state index is -2.96. The Balaban J connectivity index is 0.00000364. The van der Waals surface area contributed by atoms with Gasteiger partial charge < -0.3 is 15.4 Å². The molecule has 2 aliphatic carbocycles. The lowest BCUT2D eigenvalue weighted by molar-refractivity contribution is -0.133. The summed E-state index contributed by atoms with van der Waals surface area (Å²) < 4.78 is 29.3. The van der Waals surface area contributed by atoms with Crippen LogP contribution in [0, 0.1) is 10.8 Å². The average molecular weight is 516 g/mol. The second-order valence-corrected chi connectivity index (χ2v) is 10.2. The van der Waals surface area contributed by atoms with Crippen LogP contribution in [0.3, 0.4) is 0 Å². The van der Waals surface area contributed by atoms with Gasteiger partial charge in [0.25, 0.3) is 0 Å². The fourth-order valence-corrected chi connectivity index (χ4v) is 5.89. The molecule has 2 unspecified atom stereocenters. The summed E-state index contributed by atoms with van der Waals surface area (Å²) in [6.07, 6.45) is 6.67. The van der Waals surface area contributed by atoms with Crippen molar-refractivity contribution >= 4 is 39.8 Å². The molecule has 0 aromatic heterocycles. The van der Waals surface area contributed by atoms with Crippen molar-refractivity contribution in [1.82, 2.24) is 10.6 Å². The molecule has 0 amide bonds. The summed E-state index contributed by atoms with van der Waals surface area (Å²) in [5, 5.41) is 6.93. The number of ether oxygens (including phenoxy) is 1. The van der Waals surface area contributed by atoms with Crippen molar-refractivity contribution in [3.05, 3.63) is 0 Å². The van der Waals surface area contributed by atoms with E-state index in [1.807, 2.05) is 0 Å². The SMILES string of the molecule is CCNC(=NCC1(CS(C)(=O)=O)CC1)NC1CC(OCC)C1(CC)CC.I. The second kappa shape index (κ2) is 10.1. The lowest BCUT2D eigenvalue weighted by Gasteiger charge is -2.55. The Morgan fingerprint density at radius 1 is 1.19 bits per heavy atom. The average Bonchev–Trinajstić information content (AvgIpc) is 3.30. The molecule has 2 fully saturated rings. The monoisotopic (exact) mass is 515 g/mol. The Morgan fingerprint density at radius 2 is 1.81 bits per heavy atom. The van der Waals surface area contributed by atoms with Crippen molar-refractivity contribution in [3.63, 3.8) is 0 Å². The second-order valence-electron chi connectivity index (χ2n) is 8.08. The number of hydrogen-bond donors (Lipinski definition) is 2. The molecule has 0 spiro atoms. The summed E-state index contributed by atoms with van der Waals surface area (Å²) in [7, 11) is -2.96. The lowest BCUT2D eigenvalue weighted by atomic mass is 9.58. The molecule has 2 atom stereocenters. The number of hydrogen-bond acceptors (Lipinski definition) is 4. The quantitative estimate of drug-likeness (QED) is 0.266. The number of rotatable bonds is 10. The summed E-state index contributed by atoms with van der Waals surface area (Å²) in [5.41, 5.74) is 0.00618. The van der Waals surface area contributed by atoms with Crippen molar-refractivity contribution in [2.24, 2.45) is 15.8 Å². The topological polar surface area (TPSA) is 79.8 Å². The summed E-state index contributed by atoms with van der Waals surface area (Å²) >= 11 is 0. The lowest BCUT2D eigenvalue weighted by Crippen LogP contribution is -2.65. The first kappa shape index (κ1) is 24.9. The molecular formula is C19H38IN3O3S. The Bertz CT molecular complexity index is 601. The summed E-state index contributed by atoms with van der Waals surface area (Å²) in [6.45, 7) is 10.7. The van der Waals surface area contributed by atoms with E-state index in [2.05, 4.69) is 38.3 Å². The van der Waals surface area contributed by atoms with Crippen LogP contribution in [0.5, 0.6) is 0 Å². The van der Waals surface area contributed by atoms with Gasteiger partial charge in [0.15, 0.2) is 5.96 Å². The van der Waals surface area contributed by atoms with Gasteiger partial charge >= 0.3 is 0 Å². The van der Waals surface area contributed by atoms with Gasteiger partial charge in [-0.1, -0.05) is 13.8 Å². The van der Waals surface area contributed by atoms with Crippen LogP contribution < -0.4 is 10.6 Å². The predicted molar refractivity (Wildman–Crippen MR) is 123 cm³/mol. The fraction of sp³-hybridized carbons (Fsp3) is 0.947. The van der Waals surface area contributed by atoms with Crippen molar-refractivity contribution < 1.29 is 13.2 Å². The minimum Gasteiger partial charge on any atom is -0.378 e. The maximum absolute atomic E-state index is 11.7. The van der Waals surface area contributed by atoms with Crippen molar-refractivity contribution in [3.8, 4) is 0 Å². The molecule has 2 aliphatic rings. The van der Waals surface area contributed by atoms with Crippen LogP contribution in [0.4, 0.5) is 0 Å². The zero-order chi connectivity index (χ0) is 19.4. The number of nitrogens with one attached hydrogen (secondary N) is 2. The van der Waals surface area contributed by atoms with E-state index in [0.29, 0.717) is 18.7 Å². The Kier molecular flexibility index (Phi) is 9.33. The molecule has 27 heavy (non-hydrogen) atoms. The molecule has 2 rings (SSSR count). The maximum Gasteiger partial charge on any atom is 0.191 e. The molecule has 0 heterocycles. The smallest absolute Gasteiger partial charge is 0.191 e. The highest BCUT2D eigenvalue weighted by atomic mass is 127. The molecule has 6 nitrogen and oxygen atoms in total. The molecular weight excluding hydrogens is 477 g/mol. The van der Waals surface area contributed by atoms with Crippen LogP contribution in [0.25, 0.3) is 0 Å². The van der Waals surface area contributed by atoms with Gasteiger partial charge in [0, 0.05) is 42.8 Å². The standard InChI is InChI=1S/C19H37N3O3S.HI/c1-6-19(7-2)15(12-16(19)25-9-4)22-17(20-8-3)21-13-18(10-11-18)14-26(5,23)24;/h15-16H,6-14H2,1-5H3,(H2,20,21,22);1H. The maximum atomic E-state index is 11.7. The number of nitrogens with zero attached hydrogens (tertiary/aromatic N) is 1. The molecule has 160 valence electrons. The third-order valence-corrected chi connectivity index (χ3v) is 7.36. The van der Waals surface area contributed by atoms with Crippen LogP contribution in [-0.2, 0) is 14.6 Å². The molecule has 8 heteroatoms. The first-order valence-corrected chi connectivity index (χ1v) is 12.1. The molecule has 0 saturated heterocycles. The van der Waals surface area contributed by atoms with Gasteiger partial charge in [-0.15, -0.1) is 24.0 Å². The van der Waals surface area contributed by atoms with Crippen molar-refractivity contribution in [2.75, 3.05) is 31.7 Å². The normalized spacial score (nSPS) is 25.9. The Morgan fingerprint density at radius 3 is 2.26 bits per heavy atom. The zero-order valence-corrected chi connectivity index (χ0v) is 20.7. The third-order valence-electron chi connectivity index (χ3n) is 6.22. The van der Waals surface area contributed by atoms with E-state index in [1.165, 1.54) is 6.26 Å². The number of halogens is 1. The van der Waals surface area contributed by atoms with E-state index in [4.69, 9.17) is 9.73 Å². The summed E-state index contributed by atoms with van der Waals surface area (Å²) in [4.78, 5) is 4.75. The highest BCUT2D eigenvalue weighted by Gasteiger charge is 2.53. The van der Waals surface area contributed by atoms with Gasteiger partial charge in [0.1, 0.15) is 9.84 Å². The number of aliphatic imine (C=N–C) groups is 1. The van der Waals surface area contributed by atoms with Gasteiger partial charge in [-0.25, -0.2) is 8.42 Å². The van der Waals surface area contributed by atoms with E-state index in [1.54, 1.807) is 0 Å². The van der Waals surface area contributed by atoms with Crippen molar-refractivity contribution in [1.29, 1.82) is 0 Å². The van der Waals surface area contributed by atoms with E-state index >= 15 is 0 Å². The Labute approximate surface area is 182 Å². The summed E-state index contributed by atoms with van der Waals surface area (Å²) in [5.74, 6) is 1.05. The molecule has 2 saturated carbocycles. The molecule has 0 aromatic rings. The van der Waals surface area contributed by atoms with E-state index in [-0.39, 0.29) is 40.6 Å². The number of guanidine groups is 1. The van der Waals surface area contributed by atoms with E-state index in [9.17, 15) is 8.42 Å². The van der Waals surface area contributed by atoms with Crippen molar-refractivity contribution in [2.45, 2.75) is 71.9 Å². The van der Waals surface area contributed by atoms with Crippen LogP contribution >= 0.6 is 24.0 Å². The first-order valence-electron chi connectivity index (χ1n) is 10.1. The highest BCUT2D eigenvalue weighted by Crippen LogP contribution is 2.49. The Hall–Kier alpha value is -0.0900. The molecule has 0 radical (unpaired) electrons.